The second kappa shape index (κ2) is 15.0. The van der Waals surface area contributed by atoms with E-state index in [9.17, 15) is 18.0 Å². The highest BCUT2D eigenvalue weighted by atomic mass is 32.2. The Kier molecular flexibility index (Phi) is 11.2. The van der Waals surface area contributed by atoms with Crippen LogP contribution in [0.1, 0.15) is 48.1 Å². The molecule has 8 heteroatoms. The van der Waals surface area contributed by atoms with Gasteiger partial charge in [-0.3, -0.25) is 13.9 Å². The third-order valence-electron chi connectivity index (χ3n) is 7.98. The number of sulfonamides is 1. The highest BCUT2D eigenvalue weighted by Crippen LogP contribution is 2.28. The van der Waals surface area contributed by atoms with Gasteiger partial charge in [-0.15, -0.1) is 0 Å². The largest absolute Gasteiger partial charge is 0.352 e. The summed E-state index contributed by atoms with van der Waals surface area (Å²) in [5.41, 5.74) is 4.81. The molecule has 0 saturated carbocycles. The van der Waals surface area contributed by atoms with Gasteiger partial charge in [0.25, 0.3) is 10.0 Å². The number of para-hydroxylation sites is 1. The number of carbonyl (C=O) groups excluding carboxylic acids is 2. The van der Waals surface area contributed by atoms with Crippen molar-refractivity contribution in [1.82, 2.24) is 10.2 Å². The third kappa shape index (κ3) is 8.60. The van der Waals surface area contributed by atoms with E-state index in [-0.39, 0.29) is 29.8 Å². The maximum atomic E-state index is 14.6. The van der Waals surface area contributed by atoms with E-state index in [1.165, 1.54) is 9.21 Å². The predicted molar refractivity (Wildman–Crippen MR) is 180 cm³/mol. The molecule has 0 heterocycles. The van der Waals surface area contributed by atoms with Gasteiger partial charge in [-0.2, -0.15) is 0 Å². The van der Waals surface area contributed by atoms with Crippen LogP contribution in [-0.4, -0.2) is 43.8 Å². The summed E-state index contributed by atoms with van der Waals surface area (Å²) < 4.78 is 29.6. The monoisotopic (exact) mass is 625 g/mol. The van der Waals surface area contributed by atoms with Crippen molar-refractivity contribution in [2.24, 2.45) is 0 Å². The Balaban J connectivity index is 1.82. The lowest BCUT2D eigenvalue weighted by Gasteiger charge is -2.34. The number of hydrogen-bond donors (Lipinski definition) is 1. The summed E-state index contributed by atoms with van der Waals surface area (Å²) in [6.07, 6.45) is 1.00. The molecule has 1 N–H and O–H groups in total. The Morgan fingerprint density at radius 3 is 2.07 bits per heavy atom. The van der Waals surface area contributed by atoms with E-state index in [0.29, 0.717) is 11.3 Å². The van der Waals surface area contributed by atoms with Crippen molar-refractivity contribution in [1.29, 1.82) is 0 Å². The molecule has 0 aliphatic rings. The van der Waals surface area contributed by atoms with Crippen LogP contribution < -0.4 is 9.62 Å². The van der Waals surface area contributed by atoms with E-state index in [2.05, 4.69) is 5.32 Å². The van der Waals surface area contributed by atoms with E-state index >= 15 is 0 Å². The average molecular weight is 626 g/mol. The number of nitrogens with zero attached hydrogens (tertiary/aromatic N) is 2. The van der Waals surface area contributed by atoms with Crippen LogP contribution in [0.3, 0.4) is 0 Å². The van der Waals surface area contributed by atoms with Gasteiger partial charge in [-0.05, 0) is 69.0 Å². The minimum Gasteiger partial charge on any atom is -0.352 e. The van der Waals surface area contributed by atoms with E-state index in [1.54, 1.807) is 36.4 Å². The van der Waals surface area contributed by atoms with Gasteiger partial charge in [0.05, 0.1) is 10.6 Å². The van der Waals surface area contributed by atoms with Gasteiger partial charge < -0.3 is 10.2 Å². The van der Waals surface area contributed by atoms with Gasteiger partial charge in [0.15, 0.2) is 0 Å². The normalized spacial score (nSPS) is 12.6. The van der Waals surface area contributed by atoms with Gasteiger partial charge in [0, 0.05) is 19.0 Å². The van der Waals surface area contributed by atoms with Crippen LogP contribution in [0, 0.1) is 20.8 Å². The SMILES string of the molecule is CC[C@@H](C)NC(=O)[C@@H](Cc1ccccc1)N(Cc1cccc(C)c1)C(=O)CN(c1ccccc1C)S(=O)(=O)c1ccc(C)cc1. The van der Waals surface area contributed by atoms with Gasteiger partial charge in [0.1, 0.15) is 12.6 Å². The van der Waals surface area contributed by atoms with E-state index in [0.717, 1.165) is 28.7 Å². The van der Waals surface area contributed by atoms with Crippen LogP contribution in [0.5, 0.6) is 0 Å². The zero-order valence-electron chi connectivity index (χ0n) is 26.7. The Labute approximate surface area is 268 Å². The molecule has 0 spiro atoms. The van der Waals surface area contributed by atoms with Crippen molar-refractivity contribution >= 4 is 27.5 Å². The molecule has 0 bridgehead atoms. The van der Waals surface area contributed by atoms with E-state index in [4.69, 9.17) is 0 Å². The summed E-state index contributed by atoms with van der Waals surface area (Å²) in [6.45, 7) is 9.26. The highest BCUT2D eigenvalue weighted by molar-refractivity contribution is 7.92. The minimum absolute atomic E-state index is 0.0877. The van der Waals surface area contributed by atoms with Crippen molar-refractivity contribution in [3.63, 3.8) is 0 Å². The van der Waals surface area contributed by atoms with Crippen molar-refractivity contribution in [2.45, 2.75) is 71.0 Å². The van der Waals surface area contributed by atoms with Gasteiger partial charge in [0.2, 0.25) is 11.8 Å². The lowest BCUT2D eigenvalue weighted by Crippen LogP contribution is -2.54. The molecule has 0 aliphatic carbocycles. The number of carbonyl (C=O) groups is 2. The third-order valence-corrected chi connectivity index (χ3v) is 9.75. The van der Waals surface area contributed by atoms with Gasteiger partial charge >= 0.3 is 0 Å². The molecule has 4 aromatic rings. The summed E-state index contributed by atoms with van der Waals surface area (Å²) >= 11 is 0. The number of aryl methyl sites for hydroxylation is 3. The fourth-order valence-corrected chi connectivity index (χ4v) is 6.67. The Hall–Kier alpha value is -4.43. The first-order chi connectivity index (χ1) is 21.5. The van der Waals surface area contributed by atoms with Crippen LogP contribution in [0.25, 0.3) is 0 Å². The number of benzene rings is 4. The smallest absolute Gasteiger partial charge is 0.264 e. The maximum absolute atomic E-state index is 14.6. The van der Waals surface area contributed by atoms with Crippen molar-refractivity contribution < 1.29 is 18.0 Å². The number of rotatable bonds is 13. The first kappa shape index (κ1) is 33.5. The molecule has 236 valence electrons. The summed E-state index contributed by atoms with van der Waals surface area (Å²) in [6, 6.07) is 30.1. The summed E-state index contributed by atoms with van der Waals surface area (Å²) in [4.78, 5) is 30.2. The standard InChI is InChI=1S/C37H43N3O4S/c1-6-30(5)38-37(42)35(24-31-15-8-7-9-16-31)39(25-32-17-12-13-28(3)23-32)36(41)26-40(34-18-11-10-14-29(34)4)45(43,44)33-21-19-27(2)20-22-33/h7-23,30,35H,6,24-26H2,1-5H3,(H,38,42)/t30-,35-/m1/s1. The lowest BCUT2D eigenvalue weighted by molar-refractivity contribution is -0.140. The van der Waals surface area contributed by atoms with Crippen molar-refractivity contribution in [3.8, 4) is 0 Å². The second-order valence-corrected chi connectivity index (χ2v) is 13.5. The number of amides is 2. The molecular weight excluding hydrogens is 582 g/mol. The van der Waals surface area contributed by atoms with Crippen molar-refractivity contribution in [2.75, 3.05) is 10.8 Å². The van der Waals surface area contributed by atoms with Crippen LogP contribution in [0.15, 0.2) is 108 Å². The molecule has 4 aromatic carbocycles. The summed E-state index contributed by atoms with van der Waals surface area (Å²) in [7, 11) is -4.14. The topological polar surface area (TPSA) is 86.8 Å². The molecule has 2 atom stereocenters. The van der Waals surface area contributed by atoms with Crippen LogP contribution >= 0.6 is 0 Å². The summed E-state index contributed by atoms with van der Waals surface area (Å²) in [5.74, 6) is -0.756. The molecule has 2 amide bonds. The number of hydrogen-bond acceptors (Lipinski definition) is 4. The van der Waals surface area contributed by atoms with Crippen LogP contribution in [-0.2, 0) is 32.6 Å². The fraction of sp³-hybridized carbons (Fsp3) is 0.297. The predicted octanol–water partition coefficient (Wildman–Crippen LogP) is 6.36. The molecule has 0 saturated heterocycles. The second-order valence-electron chi connectivity index (χ2n) is 11.6. The first-order valence-electron chi connectivity index (χ1n) is 15.3. The Morgan fingerprint density at radius 2 is 1.42 bits per heavy atom. The van der Waals surface area contributed by atoms with E-state index < -0.39 is 28.5 Å². The molecule has 0 unspecified atom stereocenters. The van der Waals surface area contributed by atoms with E-state index in [1.807, 2.05) is 101 Å². The average Bonchev–Trinajstić information content (AvgIpc) is 3.02. The quantitative estimate of drug-likeness (QED) is 0.187. The fourth-order valence-electron chi connectivity index (χ4n) is 5.20. The van der Waals surface area contributed by atoms with Gasteiger partial charge in [-0.25, -0.2) is 8.42 Å². The molecule has 0 aromatic heterocycles. The Bertz CT molecular complexity index is 1710. The number of anilines is 1. The molecular formula is C37H43N3O4S. The van der Waals surface area contributed by atoms with Crippen LogP contribution in [0.2, 0.25) is 0 Å². The highest BCUT2D eigenvalue weighted by Gasteiger charge is 2.35. The molecule has 0 aliphatic heterocycles. The summed E-state index contributed by atoms with van der Waals surface area (Å²) in [5, 5.41) is 3.07. The zero-order chi connectivity index (χ0) is 32.6. The first-order valence-corrected chi connectivity index (χ1v) is 16.8. The minimum atomic E-state index is -4.14. The molecule has 0 fully saturated rings. The molecule has 45 heavy (non-hydrogen) atoms. The maximum Gasteiger partial charge on any atom is 0.264 e. The van der Waals surface area contributed by atoms with Gasteiger partial charge in [-0.1, -0.05) is 103 Å². The molecule has 0 radical (unpaired) electrons. The molecule has 7 nitrogen and oxygen atoms in total. The lowest BCUT2D eigenvalue weighted by atomic mass is 10.0. The van der Waals surface area contributed by atoms with Crippen LogP contribution in [0.4, 0.5) is 5.69 Å². The Morgan fingerprint density at radius 1 is 0.778 bits per heavy atom. The zero-order valence-corrected chi connectivity index (χ0v) is 27.6. The van der Waals surface area contributed by atoms with Crippen molar-refractivity contribution in [3.05, 3.63) is 131 Å². The number of nitrogens with one attached hydrogen (secondary N) is 1. The molecule has 4 rings (SSSR count).